The molecule has 0 spiro atoms. The molecule has 0 aliphatic heterocycles. The largest absolute Gasteiger partial charge is 0.465 e. The predicted molar refractivity (Wildman–Crippen MR) is 75.0 cm³/mol. The van der Waals surface area contributed by atoms with Crippen molar-refractivity contribution in [2.45, 2.75) is 53.1 Å². The molecule has 0 aromatic carbocycles. The Labute approximate surface area is 115 Å². The minimum Gasteiger partial charge on any atom is -0.465 e. The predicted octanol–water partition coefficient (Wildman–Crippen LogP) is 1.82. The number of aromatic nitrogens is 2. The van der Waals surface area contributed by atoms with Crippen LogP contribution in [-0.4, -0.2) is 34.9 Å². The maximum absolute atomic E-state index is 11.8. The summed E-state index contributed by atoms with van der Waals surface area (Å²) >= 11 is 0. The van der Waals surface area contributed by atoms with Crippen LogP contribution in [0.3, 0.4) is 0 Å². The number of aryl methyl sites for hydroxylation is 3. The van der Waals surface area contributed by atoms with Crippen molar-refractivity contribution in [2.24, 2.45) is 0 Å². The molecule has 0 bridgehead atoms. The van der Waals surface area contributed by atoms with Crippen LogP contribution in [0.2, 0.25) is 0 Å². The highest BCUT2D eigenvalue weighted by Gasteiger charge is 2.19. The molecule has 108 valence electrons. The lowest BCUT2D eigenvalue weighted by molar-refractivity contribution is -0.145. The van der Waals surface area contributed by atoms with Gasteiger partial charge in [-0.05, 0) is 46.2 Å². The molecule has 0 fully saturated rings. The molecule has 0 amide bonds. The summed E-state index contributed by atoms with van der Waals surface area (Å²) < 4.78 is 7.03. The van der Waals surface area contributed by atoms with E-state index in [9.17, 15) is 4.79 Å². The number of ether oxygens (including phenoxy) is 1. The highest BCUT2D eigenvalue weighted by Crippen LogP contribution is 2.05. The van der Waals surface area contributed by atoms with Gasteiger partial charge in [0, 0.05) is 12.2 Å². The summed E-state index contributed by atoms with van der Waals surface area (Å²) in [7, 11) is 0. The van der Waals surface area contributed by atoms with E-state index in [4.69, 9.17) is 4.74 Å². The topological polar surface area (TPSA) is 56.2 Å². The van der Waals surface area contributed by atoms with Gasteiger partial charge in [0.15, 0.2) is 0 Å². The molecular weight excluding hydrogens is 242 g/mol. The van der Waals surface area contributed by atoms with Gasteiger partial charge in [-0.3, -0.25) is 9.48 Å². The molecule has 1 aromatic heterocycles. The van der Waals surface area contributed by atoms with Gasteiger partial charge in [-0.25, -0.2) is 0 Å². The third kappa shape index (κ3) is 5.03. The Hall–Kier alpha value is -1.36. The van der Waals surface area contributed by atoms with Crippen LogP contribution < -0.4 is 5.32 Å². The second kappa shape index (κ2) is 7.94. The smallest absolute Gasteiger partial charge is 0.323 e. The van der Waals surface area contributed by atoms with Gasteiger partial charge >= 0.3 is 5.97 Å². The Morgan fingerprint density at radius 1 is 1.47 bits per heavy atom. The van der Waals surface area contributed by atoms with Crippen molar-refractivity contribution >= 4 is 5.97 Å². The monoisotopic (exact) mass is 267 g/mol. The lowest BCUT2D eigenvalue weighted by Gasteiger charge is -2.17. The van der Waals surface area contributed by atoms with E-state index in [0.717, 1.165) is 30.9 Å². The molecule has 19 heavy (non-hydrogen) atoms. The molecule has 0 aliphatic carbocycles. The molecule has 1 rings (SSSR count). The number of carbonyl (C=O) groups is 1. The van der Waals surface area contributed by atoms with Crippen molar-refractivity contribution in [1.29, 1.82) is 0 Å². The van der Waals surface area contributed by atoms with Crippen LogP contribution >= 0.6 is 0 Å². The second-order valence-electron chi connectivity index (χ2n) is 4.70. The average molecular weight is 267 g/mol. The van der Waals surface area contributed by atoms with Crippen LogP contribution in [-0.2, 0) is 16.1 Å². The van der Waals surface area contributed by atoms with Gasteiger partial charge in [0.2, 0.25) is 0 Å². The van der Waals surface area contributed by atoms with Crippen molar-refractivity contribution in [3.63, 3.8) is 0 Å². The highest BCUT2D eigenvalue weighted by atomic mass is 16.5. The lowest BCUT2D eigenvalue weighted by Crippen LogP contribution is -2.39. The van der Waals surface area contributed by atoms with Gasteiger partial charge < -0.3 is 10.1 Å². The van der Waals surface area contributed by atoms with E-state index in [0.29, 0.717) is 13.0 Å². The van der Waals surface area contributed by atoms with Crippen LogP contribution in [0, 0.1) is 13.8 Å². The molecule has 1 aromatic rings. The Kier molecular flexibility index (Phi) is 6.56. The Balaban J connectivity index is 2.56. The van der Waals surface area contributed by atoms with Crippen LogP contribution in [0.25, 0.3) is 0 Å². The molecule has 0 aliphatic rings. The summed E-state index contributed by atoms with van der Waals surface area (Å²) in [5, 5.41) is 7.64. The van der Waals surface area contributed by atoms with E-state index in [1.54, 1.807) is 0 Å². The molecule has 0 saturated heterocycles. The zero-order chi connectivity index (χ0) is 14.3. The summed E-state index contributed by atoms with van der Waals surface area (Å²) in [5.41, 5.74) is 2.13. The van der Waals surface area contributed by atoms with E-state index < -0.39 is 0 Å². The first kappa shape index (κ1) is 15.7. The quantitative estimate of drug-likeness (QED) is 0.730. The molecule has 1 N–H and O–H groups in total. The second-order valence-corrected chi connectivity index (χ2v) is 4.70. The van der Waals surface area contributed by atoms with Crippen molar-refractivity contribution < 1.29 is 9.53 Å². The van der Waals surface area contributed by atoms with Crippen LogP contribution in [0.15, 0.2) is 6.07 Å². The number of hydrogen-bond acceptors (Lipinski definition) is 4. The number of nitrogens with one attached hydrogen (secondary N) is 1. The normalized spacial score (nSPS) is 12.4. The fourth-order valence-electron chi connectivity index (χ4n) is 2.02. The SMILES string of the molecule is CCCNC(CCn1nc(C)cc1C)C(=O)OCC. The zero-order valence-electron chi connectivity index (χ0n) is 12.4. The van der Waals surface area contributed by atoms with Crippen LogP contribution in [0.4, 0.5) is 0 Å². The first-order chi connectivity index (χ1) is 9.08. The first-order valence-electron chi connectivity index (χ1n) is 6.99. The number of hydrogen-bond donors (Lipinski definition) is 1. The fourth-order valence-corrected chi connectivity index (χ4v) is 2.02. The minimum atomic E-state index is -0.246. The standard InChI is InChI=1S/C14H25N3O2/c1-5-8-15-13(14(18)19-6-2)7-9-17-12(4)10-11(3)16-17/h10,13,15H,5-9H2,1-4H3. The minimum absolute atomic E-state index is 0.169. The number of rotatable bonds is 8. The fraction of sp³-hybridized carbons (Fsp3) is 0.714. The van der Waals surface area contributed by atoms with Crippen LogP contribution in [0.5, 0.6) is 0 Å². The zero-order valence-corrected chi connectivity index (χ0v) is 12.4. The Morgan fingerprint density at radius 3 is 2.74 bits per heavy atom. The molecule has 1 atom stereocenters. The van der Waals surface area contributed by atoms with Gasteiger partial charge in [-0.1, -0.05) is 6.92 Å². The molecule has 0 saturated carbocycles. The molecule has 5 nitrogen and oxygen atoms in total. The number of esters is 1. The average Bonchev–Trinajstić information content (AvgIpc) is 2.68. The molecule has 0 radical (unpaired) electrons. The summed E-state index contributed by atoms with van der Waals surface area (Å²) in [6.45, 7) is 9.87. The number of carbonyl (C=O) groups excluding carboxylic acids is 1. The van der Waals surface area contributed by atoms with E-state index in [1.165, 1.54) is 0 Å². The summed E-state index contributed by atoms with van der Waals surface area (Å²) in [5.74, 6) is -0.169. The molecule has 5 heteroatoms. The summed E-state index contributed by atoms with van der Waals surface area (Å²) in [4.78, 5) is 11.8. The third-order valence-electron chi connectivity index (χ3n) is 2.94. The Morgan fingerprint density at radius 2 is 2.21 bits per heavy atom. The van der Waals surface area contributed by atoms with Crippen molar-refractivity contribution in [3.05, 3.63) is 17.5 Å². The van der Waals surface area contributed by atoms with Crippen molar-refractivity contribution in [3.8, 4) is 0 Å². The maximum Gasteiger partial charge on any atom is 0.323 e. The van der Waals surface area contributed by atoms with Gasteiger partial charge in [-0.2, -0.15) is 5.10 Å². The van der Waals surface area contributed by atoms with E-state index in [2.05, 4.69) is 17.3 Å². The maximum atomic E-state index is 11.8. The third-order valence-corrected chi connectivity index (χ3v) is 2.94. The van der Waals surface area contributed by atoms with Gasteiger partial charge in [0.25, 0.3) is 0 Å². The summed E-state index contributed by atoms with van der Waals surface area (Å²) in [6, 6.07) is 1.79. The number of nitrogens with zero attached hydrogens (tertiary/aromatic N) is 2. The van der Waals surface area contributed by atoms with E-state index in [1.807, 2.05) is 31.5 Å². The van der Waals surface area contributed by atoms with Crippen molar-refractivity contribution in [1.82, 2.24) is 15.1 Å². The van der Waals surface area contributed by atoms with Gasteiger partial charge in [0.1, 0.15) is 6.04 Å². The Bertz CT molecular complexity index is 401. The highest BCUT2D eigenvalue weighted by molar-refractivity contribution is 5.75. The van der Waals surface area contributed by atoms with E-state index >= 15 is 0 Å². The van der Waals surface area contributed by atoms with Gasteiger partial charge in [0.05, 0.1) is 12.3 Å². The molecule has 1 heterocycles. The molecular formula is C14H25N3O2. The van der Waals surface area contributed by atoms with Gasteiger partial charge in [-0.15, -0.1) is 0 Å². The van der Waals surface area contributed by atoms with E-state index in [-0.39, 0.29) is 12.0 Å². The molecule has 1 unspecified atom stereocenters. The summed E-state index contributed by atoms with van der Waals surface area (Å²) in [6.07, 6.45) is 1.69. The van der Waals surface area contributed by atoms with Crippen molar-refractivity contribution in [2.75, 3.05) is 13.2 Å². The lowest BCUT2D eigenvalue weighted by atomic mass is 10.2. The van der Waals surface area contributed by atoms with Crippen LogP contribution in [0.1, 0.15) is 38.1 Å². The first-order valence-corrected chi connectivity index (χ1v) is 6.99.